The summed E-state index contributed by atoms with van der Waals surface area (Å²) in [4.78, 5) is 11.7. The minimum Gasteiger partial charge on any atom is -0.488 e. The number of alkyl halides is 5. The lowest BCUT2D eigenvalue weighted by Crippen LogP contribution is -2.22. The third kappa shape index (κ3) is 5.21. The number of carbonyl (C=O) groups excluding carboxylic acids is 1. The number of carbonyl (C=O) groups is 1. The van der Waals surface area contributed by atoms with Gasteiger partial charge in [-0.25, -0.2) is 8.78 Å². The lowest BCUT2D eigenvalue weighted by molar-refractivity contribution is -0.138. The summed E-state index contributed by atoms with van der Waals surface area (Å²) in [6.07, 6.45) is -7.25. The second-order valence-corrected chi connectivity index (χ2v) is 6.11. The molecule has 0 unspecified atom stereocenters. The highest BCUT2D eigenvalue weighted by Crippen LogP contribution is 2.35. The van der Waals surface area contributed by atoms with Crippen LogP contribution in [0.2, 0.25) is 0 Å². The molecule has 1 N–H and O–H groups in total. The van der Waals surface area contributed by atoms with Crippen molar-refractivity contribution in [1.29, 1.82) is 0 Å². The van der Waals surface area contributed by atoms with Crippen molar-refractivity contribution in [1.82, 2.24) is 5.32 Å². The van der Waals surface area contributed by atoms with Crippen LogP contribution in [-0.2, 0) is 30.4 Å². The molecule has 28 heavy (non-hydrogen) atoms. The maximum absolute atomic E-state index is 13.4. The molecule has 3 nitrogen and oxygen atoms in total. The summed E-state index contributed by atoms with van der Waals surface area (Å²) < 4.78 is 72.2. The zero-order valence-corrected chi connectivity index (χ0v) is 15.4. The van der Waals surface area contributed by atoms with Crippen LogP contribution in [0.5, 0.6) is 5.75 Å². The van der Waals surface area contributed by atoms with E-state index in [0.29, 0.717) is 12.0 Å². The van der Waals surface area contributed by atoms with Crippen LogP contribution in [0.15, 0.2) is 36.4 Å². The number of hydrogen-bond acceptors (Lipinski definition) is 2. The van der Waals surface area contributed by atoms with Crippen LogP contribution in [0.4, 0.5) is 22.0 Å². The van der Waals surface area contributed by atoms with Crippen molar-refractivity contribution in [2.75, 3.05) is 7.05 Å². The first-order chi connectivity index (χ1) is 13.2. The van der Waals surface area contributed by atoms with Crippen LogP contribution in [0.1, 0.15) is 41.2 Å². The van der Waals surface area contributed by atoms with E-state index in [4.69, 9.17) is 4.74 Å². The molecule has 0 saturated heterocycles. The van der Waals surface area contributed by atoms with Crippen LogP contribution >= 0.6 is 0 Å². The third-order valence-electron chi connectivity index (χ3n) is 4.30. The van der Waals surface area contributed by atoms with Gasteiger partial charge in [0.05, 0.1) is 17.5 Å². The van der Waals surface area contributed by atoms with Gasteiger partial charge >= 0.3 is 6.18 Å². The topological polar surface area (TPSA) is 38.3 Å². The molecule has 0 saturated carbocycles. The van der Waals surface area contributed by atoms with Crippen molar-refractivity contribution >= 4 is 5.91 Å². The van der Waals surface area contributed by atoms with E-state index < -0.39 is 30.7 Å². The summed E-state index contributed by atoms with van der Waals surface area (Å²) in [7, 11) is 1.37. The lowest BCUT2D eigenvalue weighted by atomic mass is 9.98. The van der Waals surface area contributed by atoms with E-state index in [1.54, 1.807) is 13.0 Å². The molecule has 1 amide bonds. The molecule has 0 atom stereocenters. The largest absolute Gasteiger partial charge is 0.488 e. The molecule has 0 spiro atoms. The Labute approximate surface area is 159 Å². The maximum atomic E-state index is 13.4. The number of benzene rings is 2. The number of hydrogen-bond donors (Lipinski definition) is 1. The quantitative estimate of drug-likeness (QED) is 0.658. The van der Waals surface area contributed by atoms with Gasteiger partial charge in [0.25, 0.3) is 6.43 Å². The van der Waals surface area contributed by atoms with E-state index in [2.05, 4.69) is 5.32 Å². The predicted molar refractivity (Wildman–Crippen MR) is 94.3 cm³/mol. The monoisotopic (exact) mass is 401 g/mol. The van der Waals surface area contributed by atoms with Crippen LogP contribution in [0, 0.1) is 0 Å². The SMILES string of the molecule is CCc1ccc(OCc2c(CC(=O)NC)cccc2C(F)(F)F)c(C(F)F)c1. The third-order valence-corrected chi connectivity index (χ3v) is 4.30. The Morgan fingerprint density at radius 1 is 1.18 bits per heavy atom. The van der Waals surface area contributed by atoms with Crippen molar-refractivity contribution < 1.29 is 31.5 Å². The molecule has 0 aromatic heterocycles. The van der Waals surface area contributed by atoms with Gasteiger partial charge in [0, 0.05) is 12.6 Å². The van der Waals surface area contributed by atoms with Crippen LogP contribution in [0.3, 0.4) is 0 Å². The van der Waals surface area contributed by atoms with E-state index in [9.17, 15) is 26.7 Å². The summed E-state index contributed by atoms with van der Waals surface area (Å²) in [5.74, 6) is -0.656. The van der Waals surface area contributed by atoms with Crippen LogP contribution in [-0.4, -0.2) is 13.0 Å². The van der Waals surface area contributed by atoms with Crippen molar-refractivity contribution in [2.45, 2.75) is 39.0 Å². The molecule has 2 aromatic rings. The highest BCUT2D eigenvalue weighted by molar-refractivity contribution is 5.78. The first-order valence-electron chi connectivity index (χ1n) is 8.59. The fraction of sp³-hybridized carbons (Fsp3) is 0.350. The molecule has 0 aliphatic carbocycles. The van der Waals surface area contributed by atoms with E-state index in [1.807, 2.05) is 0 Å². The molecule has 0 heterocycles. The number of aryl methyl sites for hydroxylation is 1. The Morgan fingerprint density at radius 2 is 1.89 bits per heavy atom. The van der Waals surface area contributed by atoms with E-state index >= 15 is 0 Å². The van der Waals surface area contributed by atoms with Crippen molar-refractivity contribution in [3.05, 3.63) is 64.2 Å². The van der Waals surface area contributed by atoms with Gasteiger partial charge in [-0.05, 0) is 35.7 Å². The summed E-state index contributed by atoms with van der Waals surface area (Å²) in [6, 6.07) is 7.65. The molecule has 0 bridgehead atoms. The Bertz CT molecular complexity index is 834. The van der Waals surface area contributed by atoms with E-state index in [0.717, 1.165) is 6.07 Å². The first-order valence-corrected chi connectivity index (χ1v) is 8.59. The van der Waals surface area contributed by atoms with Gasteiger partial charge in [-0.3, -0.25) is 4.79 Å². The molecule has 0 aliphatic rings. The number of nitrogens with one attached hydrogen (secondary N) is 1. The number of ether oxygens (including phenoxy) is 1. The molecule has 8 heteroatoms. The van der Waals surface area contributed by atoms with Crippen molar-refractivity contribution in [3.63, 3.8) is 0 Å². The normalized spacial score (nSPS) is 11.6. The van der Waals surface area contributed by atoms with Gasteiger partial charge in [-0.15, -0.1) is 0 Å². The zero-order chi connectivity index (χ0) is 20.9. The molecule has 0 aliphatic heterocycles. The fourth-order valence-electron chi connectivity index (χ4n) is 2.77. The Balaban J connectivity index is 2.41. The van der Waals surface area contributed by atoms with Gasteiger partial charge < -0.3 is 10.1 Å². The molecular formula is C20H20F5NO2. The number of likely N-dealkylation sites (N-methyl/N-ethyl adjacent to an activating group) is 1. The first kappa shape index (κ1) is 21.7. The Kier molecular flexibility index (Phi) is 6.99. The number of halogens is 5. The van der Waals surface area contributed by atoms with Gasteiger partial charge in [0.1, 0.15) is 12.4 Å². The average molecular weight is 401 g/mol. The fourth-order valence-corrected chi connectivity index (χ4v) is 2.77. The summed E-state index contributed by atoms with van der Waals surface area (Å²) in [5, 5.41) is 2.35. The smallest absolute Gasteiger partial charge is 0.416 e. The highest BCUT2D eigenvalue weighted by Gasteiger charge is 2.34. The standard InChI is InChI=1S/C20H20F5NO2/c1-3-12-7-8-17(14(9-12)19(21)22)28-11-15-13(10-18(27)26-2)5-4-6-16(15)20(23,24)25/h4-9,19H,3,10-11H2,1-2H3,(H,26,27). The van der Waals surface area contributed by atoms with Crippen LogP contribution < -0.4 is 10.1 Å². The molecule has 0 fully saturated rings. The van der Waals surface area contributed by atoms with Crippen molar-refractivity contribution in [3.8, 4) is 5.75 Å². The molecule has 152 valence electrons. The predicted octanol–water partition coefficient (Wildman–Crippen LogP) is 5.07. The van der Waals surface area contributed by atoms with Crippen molar-refractivity contribution in [2.24, 2.45) is 0 Å². The van der Waals surface area contributed by atoms with Gasteiger partial charge in [0.15, 0.2) is 0 Å². The molecule has 2 aromatic carbocycles. The number of amides is 1. The molecule has 0 radical (unpaired) electrons. The second-order valence-electron chi connectivity index (χ2n) is 6.11. The van der Waals surface area contributed by atoms with Gasteiger partial charge in [0.2, 0.25) is 5.91 Å². The second kappa shape index (κ2) is 9.03. The molecular weight excluding hydrogens is 381 g/mol. The Morgan fingerprint density at radius 3 is 2.46 bits per heavy atom. The Hall–Kier alpha value is -2.64. The zero-order valence-electron chi connectivity index (χ0n) is 15.4. The summed E-state index contributed by atoms with van der Waals surface area (Å²) >= 11 is 0. The summed E-state index contributed by atoms with van der Waals surface area (Å²) in [6.45, 7) is 1.21. The van der Waals surface area contributed by atoms with Gasteiger partial charge in [-0.2, -0.15) is 13.2 Å². The highest BCUT2D eigenvalue weighted by atomic mass is 19.4. The average Bonchev–Trinajstić information content (AvgIpc) is 2.65. The summed E-state index contributed by atoms with van der Waals surface area (Å²) in [5.41, 5.74) is -0.802. The van der Waals surface area contributed by atoms with Crippen LogP contribution in [0.25, 0.3) is 0 Å². The lowest BCUT2D eigenvalue weighted by Gasteiger charge is -2.18. The van der Waals surface area contributed by atoms with E-state index in [1.165, 1.54) is 31.3 Å². The number of rotatable bonds is 7. The van der Waals surface area contributed by atoms with E-state index in [-0.39, 0.29) is 28.9 Å². The maximum Gasteiger partial charge on any atom is 0.416 e. The molecule has 2 rings (SSSR count). The van der Waals surface area contributed by atoms with Gasteiger partial charge in [-0.1, -0.05) is 25.1 Å². The minimum atomic E-state index is -4.67. The minimum absolute atomic E-state index is 0.123.